The Morgan fingerprint density at radius 1 is 1.00 bits per heavy atom. The Morgan fingerprint density at radius 3 is 2.49 bits per heavy atom. The summed E-state index contributed by atoms with van der Waals surface area (Å²) in [4.78, 5) is 37.8. The van der Waals surface area contributed by atoms with Crippen LogP contribution in [0.25, 0.3) is 11.0 Å². The van der Waals surface area contributed by atoms with Crippen LogP contribution in [-0.2, 0) is 9.63 Å². The average Bonchev–Trinajstić information content (AvgIpc) is 3.06. The first kappa shape index (κ1) is 22.7. The van der Waals surface area contributed by atoms with E-state index in [1.807, 2.05) is 28.8 Å². The summed E-state index contributed by atoms with van der Waals surface area (Å²) in [6.45, 7) is 0. The first-order valence-electron chi connectivity index (χ1n) is 13.2. The SMILES string of the molecule is CO/N=C(\C(=O)O)c1nc2ccccc2n([C@@H]2C[C@@H]3CCC[C@H]2N3C2CC3CCCC(C3)C2)c1=O. The highest BCUT2D eigenvalue weighted by Crippen LogP contribution is 2.49. The fourth-order valence-electron chi connectivity index (χ4n) is 7.90. The quantitative estimate of drug-likeness (QED) is 0.516. The molecule has 2 aromatic rings. The molecule has 4 fully saturated rings. The molecule has 4 aliphatic rings. The van der Waals surface area contributed by atoms with E-state index >= 15 is 0 Å². The second-order valence-corrected chi connectivity index (χ2v) is 11.0. The normalized spacial score (nSPS) is 33.1. The summed E-state index contributed by atoms with van der Waals surface area (Å²) in [6, 6.07) is 8.93. The minimum Gasteiger partial charge on any atom is -0.476 e. The lowest BCUT2D eigenvalue weighted by Gasteiger charge is -2.48. The molecule has 0 spiro atoms. The average molecular weight is 479 g/mol. The van der Waals surface area contributed by atoms with Crippen molar-refractivity contribution < 1.29 is 14.7 Å². The van der Waals surface area contributed by atoms with E-state index in [1.165, 1.54) is 58.5 Å². The lowest BCUT2D eigenvalue weighted by Crippen LogP contribution is -2.51. The molecule has 1 aromatic heterocycles. The fourth-order valence-corrected chi connectivity index (χ4v) is 7.90. The summed E-state index contributed by atoms with van der Waals surface area (Å²) >= 11 is 0. The third-order valence-corrected chi connectivity index (χ3v) is 9.06. The van der Waals surface area contributed by atoms with E-state index in [-0.39, 0.29) is 17.3 Å². The van der Waals surface area contributed by atoms with Crippen LogP contribution in [0, 0.1) is 11.8 Å². The van der Waals surface area contributed by atoms with Gasteiger partial charge in [0.05, 0.1) is 17.1 Å². The zero-order valence-corrected chi connectivity index (χ0v) is 20.3. The summed E-state index contributed by atoms with van der Waals surface area (Å²) in [7, 11) is 1.28. The Kier molecular flexibility index (Phi) is 5.87. The number of nitrogens with zero attached hydrogens (tertiary/aromatic N) is 4. The molecule has 8 nitrogen and oxygen atoms in total. The first-order valence-corrected chi connectivity index (χ1v) is 13.2. The predicted octanol–water partition coefficient (Wildman–Crippen LogP) is 3.97. The van der Waals surface area contributed by atoms with Crippen LogP contribution in [0.15, 0.2) is 34.2 Å². The lowest BCUT2D eigenvalue weighted by molar-refractivity contribution is -0.129. The minimum atomic E-state index is -1.32. The largest absolute Gasteiger partial charge is 0.476 e. The summed E-state index contributed by atoms with van der Waals surface area (Å²) in [5.74, 6) is 0.386. The Labute approximate surface area is 205 Å². The van der Waals surface area contributed by atoms with Crippen molar-refractivity contribution in [2.24, 2.45) is 17.0 Å². The standard InChI is InChI=1S/C27H34N4O4/c1-35-29-25(27(33)34)24-26(32)31(21-10-3-2-9-20(21)28-24)23-15-18-8-5-11-22(23)30(18)19-13-16-6-4-7-17(12-16)14-19/h2-3,9-10,16-19,22-23H,4-8,11-15H2,1H3,(H,33,34)/b29-25-/t16?,17?,18-,19?,22+,23+/m0/s1. The number of carboxylic acids is 1. The van der Waals surface area contributed by atoms with Gasteiger partial charge in [-0.2, -0.15) is 0 Å². The van der Waals surface area contributed by atoms with Crippen LogP contribution in [0.5, 0.6) is 0 Å². The van der Waals surface area contributed by atoms with Crippen LogP contribution in [0.4, 0.5) is 0 Å². The highest BCUT2D eigenvalue weighted by Gasteiger charge is 2.49. The number of aliphatic carboxylic acids is 1. The molecule has 3 heterocycles. The number of piperidine rings is 1. The molecule has 4 bridgehead atoms. The molecule has 0 amide bonds. The van der Waals surface area contributed by atoms with Crippen LogP contribution in [0.1, 0.15) is 75.9 Å². The number of carboxylic acid groups (broad SMARTS) is 1. The summed E-state index contributed by atoms with van der Waals surface area (Å²) in [6.07, 6.45) is 12.5. The van der Waals surface area contributed by atoms with Crippen molar-refractivity contribution in [2.45, 2.75) is 88.4 Å². The Hall–Kier alpha value is -2.74. The molecule has 8 heteroatoms. The molecule has 2 aliphatic heterocycles. The number of fused-ring (bicyclic) bond motifs is 5. The highest BCUT2D eigenvalue weighted by molar-refractivity contribution is 6.41. The van der Waals surface area contributed by atoms with E-state index in [4.69, 9.17) is 4.84 Å². The highest BCUT2D eigenvalue weighted by atomic mass is 16.6. The van der Waals surface area contributed by atoms with Gasteiger partial charge in [-0.3, -0.25) is 9.69 Å². The van der Waals surface area contributed by atoms with Crippen molar-refractivity contribution in [3.05, 3.63) is 40.3 Å². The van der Waals surface area contributed by atoms with Gasteiger partial charge in [0, 0.05) is 18.1 Å². The topological polar surface area (TPSA) is 97.0 Å². The summed E-state index contributed by atoms with van der Waals surface area (Å²) in [5, 5.41) is 13.4. The molecule has 35 heavy (non-hydrogen) atoms. The van der Waals surface area contributed by atoms with Gasteiger partial charge in [0.1, 0.15) is 7.11 Å². The monoisotopic (exact) mass is 478 g/mol. The zero-order chi connectivity index (χ0) is 24.1. The molecule has 0 radical (unpaired) electrons. The van der Waals surface area contributed by atoms with Gasteiger partial charge in [-0.1, -0.05) is 43.0 Å². The molecule has 2 saturated heterocycles. The smallest absolute Gasteiger partial charge is 0.360 e. The predicted molar refractivity (Wildman–Crippen MR) is 133 cm³/mol. The molecular formula is C27H34N4O4. The van der Waals surface area contributed by atoms with Gasteiger partial charge < -0.3 is 14.5 Å². The van der Waals surface area contributed by atoms with Crippen LogP contribution in [0.2, 0.25) is 0 Å². The number of oxime groups is 1. The maximum absolute atomic E-state index is 13.9. The number of hydrogen-bond acceptors (Lipinski definition) is 6. The van der Waals surface area contributed by atoms with Crippen LogP contribution < -0.4 is 5.56 Å². The second-order valence-electron chi connectivity index (χ2n) is 11.0. The van der Waals surface area contributed by atoms with E-state index in [0.29, 0.717) is 23.6 Å². The van der Waals surface area contributed by atoms with Crippen LogP contribution in [0.3, 0.4) is 0 Å². The molecule has 2 saturated carbocycles. The summed E-state index contributed by atoms with van der Waals surface area (Å²) in [5.41, 5.74) is 0.377. The molecule has 6 rings (SSSR count). The summed E-state index contributed by atoms with van der Waals surface area (Å²) < 4.78 is 1.85. The molecule has 186 valence electrons. The number of para-hydroxylation sites is 2. The van der Waals surface area contributed by atoms with Gasteiger partial charge in [0.15, 0.2) is 5.69 Å². The number of benzene rings is 1. The molecule has 2 unspecified atom stereocenters. The van der Waals surface area contributed by atoms with E-state index in [1.54, 1.807) is 0 Å². The number of hydrogen-bond donors (Lipinski definition) is 1. The Bertz CT molecular complexity index is 1210. The van der Waals surface area contributed by atoms with Gasteiger partial charge in [0.25, 0.3) is 5.56 Å². The maximum Gasteiger partial charge on any atom is 0.360 e. The maximum atomic E-state index is 13.9. The van der Waals surface area contributed by atoms with Crippen LogP contribution >= 0.6 is 0 Å². The van der Waals surface area contributed by atoms with E-state index in [0.717, 1.165) is 30.2 Å². The molecule has 1 aromatic carbocycles. The molecule has 2 aliphatic carbocycles. The number of carbonyl (C=O) groups is 1. The van der Waals surface area contributed by atoms with Crippen molar-refractivity contribution in [3.63, 3.8) is 0 Å². The number of aromatic nitrogens is 2. The molecular weight excluding hydrogens is 444 g/mol. The lowest BCUT2D eigenvalue weighted by atomic mass is 9.69. The van der Waals surface area contributed by atoms with Crippen molar-refractivity contribution in [2.75, 3.05) is 7.11 Å². The van der Waals surface area contributed by atoms with Gasteiger partial charge in [-0.25, -0.2) is 9.78 Å². The van der Waals surface area contributed by atoms with Crippen molar-refractivity contribution in [1.82, 2.24) is 14.5 Å². The zero-order valence-electron chi connectivity index (χ0n) is 20.3. The van der Waals surface area contributed by atoms with E-state index < -0.39 is 11.7 Å². The van der Waals surface area contributed by atoms with Gasteiger partial charge in [-0.05, 0) is 62.5 Å². The second kappa shape index (κ2) is 9.04. The third-order valence-electron chi connectivity index (χ3n) is 9.06. The van der Waals surface area contributed by atoms with Crippen molar-refractivity contribution in [3.8, 4) is 0 Å². The third kappa shape index (κ3) is 3.86. The fraction of sp³-hybridized carbons (Fsp3) is 0.630. The van der Waals surface area contributed by atoms with Gasteiger partial charge in [0.2, 0.25) is 5.71 Å². The van der Waals surface area contributed by atoms with Crippen LogP contribution in [-0.4, -0.2) is 56.5 Å². The first-order chi connectivity index (χ1) is 17.0. The van der Waals surface area contributed by atoms with Gasteiger partial charge >= 0.3 is 5.97 Å². The van der Waals surface area contributed by atoms with E-state index in [9.17, 15) is 14.7 Å². The minimum absolute atomic E-state index is 0.000932. The Morgan fingerprint density at radius 2 is 1.74 bits per heavy atom. The molecule has 5 atom stereocenters. The van der Waals surface area contributed by atoms with Crippen molar-refractivity contribution in [1.29, 1.82) is 0 Å². The Balaban J connectivity index is 1.44. The van der Waals surface area contributed by atoms with Gasteiger partial charge in [-0.15, -0.1) is 0 Å². The molecule has 1 N–H and O–H groups in total. The van der Waals surface area contributed by atoms with E-state index in [2.05, 4.69) is 15.0 Å². The van der Waals surface area contributed by atoms with Crippen molar-refractivity contribution >= 4 is 22.7 Å². The number of rotatable bonds is 5.